The summed E-state index contributed by atoms with van der Waals surface area (Å²) in [5, 5.41) is 2.80. The molecule has 1 heteroatoms. The van der Waals surface area contributed by atoms with Crippen LogP contribution in [0.25, 0.3) is 33.0 Å². The van der Waals surface area contributed by atoms with E-state index in [9.17, 15) is 0 Å². The van der Waals surface area contributed by atoms with E-state index in [0.717, 1.165) is 0 Å². The molecule has 0 saturated heterocycles. The maximum Gasteiger partial charge on any atom is 0.0209 e. The quantitative estimate of drug-likeness (QED) is 0.375. The highest BCUT2D eigenvalue weighted by atomic mass is 127. The van der Waals surface area contributed by atoms with Gasteiger partial charge in [0.25, 0.3) is 0 Å². The number of halogens is 1. The zero-order chi connectivity index (χ0) is 12.3. The highest BCUT2D eigenvalue weighted by Crippen LogP contribution is 2.49. The van der Waals surface area contributed by atoms with Crippen LogP contribution < -0.4 is 0 Å². The zero-order valence-corrected chi connectivity index (χ0v) is 12.2. The third kappa shape index (κ3) is 1.20. The molecule has 0 saturated carbocycles. The lowest BCUT2D eigenvalue weighted by molar-refractivity contribution is 1.48. The first-order valence-electron chi connectivity index (χ1n) is 6.09. The van der Waals surface area contributed by atoms with Crippen molar-refractivity contribution in [2.45, 2.75) is 6.92 Å². The van der Waals surface area contributed by atoms with Gasteiger partial charge >= 0.3 is 0 Å². The van der Waals surface area contributed by atoms with Crippen molar-refractivity contribution in [3.05, 3.63) is 57.7 Å². The van der Waals surface area contributed by atoms with Gasteiger partial charge in [0.1, 0.15) is 0 Å². The fourth-order valence-electron chi connectivity index (χ4n) is 3.05. The second-order valence-corrected chi connectivity index (χ2v) is 5.98. The lowest BCUT2D eigenvalue weighted by Crippen LogP contribution is -1.81. The highest BCUT2D eigenvalue weighted by molar-refractivity contribution is 14.1. The monoisotopic (exact) mass is 342 g/mol. The summed E-state index contributed by atoms with van der Waals surface area (Å²) in [6, 6.07) is 17.7. The van der Waals surface area contributed by atoms with Crippen LogP contribution in [0.1, 0.15) is 5.56 Å². The predicted molar refractivity (Wildman–Crippen MR) is 85.8 cm³/mol. The Balaban J connectivity index is 2.30. The van der Waals surface area contributed by atoms with Crippen molar-refractivity contribution in [2.24, 2.45) is 0 Å². The van der Waals surface area contributed by atoms with Gasteiger partial charge in [0.15, 0.2) is 0 Å². The van der Waals surface area contributed by atoms with E-state index in [0.29, 0.717) is 0 Å². The molecule has 0 unspecified atom stereocenters. The molecule has 0 spiro atoms. The van der Waals surface area contributed by atoms with E-state index >= 15 is 0 Å². The Kier molecular flexibility index (Phi) is 2.10. The molecule has 0 amide bonds. The average molecular weight is 342 g/mol. The third-order valence-electron chi connectivity index (χ3n) is 3.82. The zero-order valence-electron chi connectivity index (χ0n) is 10.00. The topological polar surface area (TPSA) is 0 Å². The Morgan fingerprint density at radius 1 is 0.778 bits per heavy atom. The van der Waals surface area contributed by atoms with Crippen LogP contribution in [0.4, 0.5) is 0 Å². The molecule has 0 aliphatic heterocycles. The van der Waals surface area contributed by atoms with E-state index < -0.39 is 0 Å². The minimum absolute atomic E-state index is 1.33. The summed E-state index contributed by atoms with van der Waals surface area (Å²) in [6.07, 6.45) is 0. The highest BCUT2D eigenvalue weighted by Gasteiger charge is 2.22. The van der Waals surface area contributed by atoms with E-state index in [4.69, 9.17) is 0 Å². The largest absolute Gasteiger partial charge is 0.0613 e. The van der Waals surface area contributed by atoms with Gasteiger partial charge in [-0.15, -0.1) is 0 Å². The number of aryl methyl sites for hydroxylation is 1. The van der Waals surface area contributed by atoms with Crippen molar-refractivity contribution in [1.82, 2.24) is 0 Å². The van der Waals surface area contributed by atoms with Gasteiger partial charge in [0, 0.05) is 3.57 Å². The fourth-order valence-corrected chi connectivity index (χ4v) is 3.68. The van der Waals surface area contributed by atoms with Crippen LogP contribution >= 0.6 is 22.6 Å². The van der Waals surface area contributed by atoms with Crippen molar-refractivity contribution < 1.29 is 0 Å². The van der Waals surface area contributed by atoms with Gasteiger partial charge in [-0.25, -0.2) is 0 Å². The Labute approximate surface area is 120 Å². The van der Waals surface area contributed by atoms with Crippen molar-refractivity contribution in [3.8, 4) is 22.3 Å². The molecule has 18 heavy (non-hydrogen) atoms. The number of rotatable bonds is 0. The SMILES string of the molecule is Cc1cccc2c1-c1ccc(I)c3cccc-2c13. The van der Waals surface area contributed by atoms with Gasteiger partial charge in [-0.05, 0) is 74.2 Å². The number of fused-ring (bicyclic) bond motifs is 3. The molecule has 86 valence electrons. The van der Waals surface area contributed by atoms with Crippen molar-refractivity contribution in [1.29, 1.82) is 0 Å². The first-order chi connectivity index (χ1) is 8.77. The molecular weight excluding hydrogens is 331 g/mol. The summed E-state index contributed by atoms with van der Waals surface area (Å²) in [4.78, 5) is 0. The summed E-state index contributed by atoms with van der Waals surface area (Å²) >= 11 is 2.43. The van der Waals surface area contributed by atoms with E-state index in [1.165, 1.54) is 42.2 Å². The molecule has 3 aromatic carbocycles. The van der Waals surface area contributed by atoms with Gasteiger partial charge in [-0.3, -0.25) is 0 Å². The molecule has 0 nitrogen and oxygen atoms in total. The molecule has 4 rings (SSSR count). The lowest BCUT2D eigenvalue weighted by atomic mass is 9.99. The van der Waals surface area contributed by atoms with Crippen LogP contribution in [0.5, 0.6) is 0 Å². The van der Waals surface area contributed by atoms with Crippen LogP contribution in [0, 0.1) is 10.5 Å². The fraction of sp³-hybridized carbons (Fsp3) is 0.0588. The molecular formula is C17H11I. The number of hydrogen-bond acceptors (Lipinski definition) is 0. The molecule has 0 heterocycles. The van der Waals surface area contributed by atoms with E-state index in [1.54, 1.807) is 0 Å². The first kappa shape index (κ1) is 10.6. The molecule has 0 atom stereocenters. The molecule has 0 radical (unpaired) electrons. The lowest BCUT2D eigenvalue weighted by Gasteiger charge is -2.05. The first-order valence-corrected chi connectivity index (χ1v) is 7.17. The summed E-state index contributed by atoms with van der Waals surface area (Å²) in [6.45, 7) is 2.20. The van der Waals surface area contributed by atoms with Crippen molar-refractivity contribution >= 4 is 33.4 Å². The van der Waals surface area contributed by atoms with Gasteiger partial charge in [0.2, 0.25) is 0 Å². The second-order valence-electron chi connectivity index (χ2n) is 4.82. The molecule has 0 fully saturated rings. The Morgan fingerprint density at radius 3 is 2.44 bits per heavy atom. The van der Waals surface area contributed by atoms with Crippen molar-refractivity contribution in [3.63, 3.8) is 0 Å². The van der Waals surface area contributed by atoms with Crippen molar-refractivity contribution in [2.75, 3.05) is 0 Å². The third-order valence-corrected chi connectivity index (χ3v) is 4.76. The Morgan fingerprint density at radius 2 is 1.56 bits per heavy atom. The summed E-state index contributed by atoms with van der Waals surface area (Å²) < 4.78 is 1.33. The van der Waals surface area contributed by atoms with Gasteiger partial charge in [-0.2, -0.15) is 0 Å². The Hall–Kier alpha value is -1.35. The van der Waals surface area contributed by atoms with Crippen LogP contribution in [0.2, 0.25) is 0 Å². The summed E-state index contributed by atoms with van der Waals surface area (Å²) in [7, 11) is 0. The second kappa shape index (κ2) is 3.58. The van der Waals surface area contributed by atoms with Gasteiger partial charge < -0.3 is 0 Å². The molecule has 0 N–H and O–H groups in total. The standard InChI is InChI=1S/C17H11I/c1-10-4-2-5-11-12-6-3-7-13-15(18)9-8-14(16(10)11)17(12)13/h2-9H,1H3. The van der Waals surface area contributed by atoms with Crippen LogP contribution in [0.15, 0.2) is 48.5 Å². The maximum atomic E-state index is 2.43. The molecule has 3 aromatic rings. The number of benzene rings is 3. The van der Waals surface area contributed by atoms with E-state index in [2.05, 4.69) is 78.0 Å². The minimum Gasteiger partial charge on any atom is -0.0613 e. The molecule has 1 aliphatic carbocycles. The molecule has 0 aromatic heterocycles. The maximum absolute atomic E-state index is 2.43. The van der Waals surface area contributed by atoms with Crippen LogP contribution in [-0.2, 0) is 0 Å². The van der Waals surface area contributed by atoms with Gasteiger partial charge in [0.05, 0.1) is 0 Å². The van der Waals surface area contributed by atoms with Gasteiger partial charge in [-0.1, -0.05) is 42.5 Å². The smallest absolute Gasteiger partial charge is 0.0209 e. The van der Waals surface area contributed by atoms with E-state index in [-0.39, 0.29) is 0 Å². The van der Waals surface area contributed by atoms with Crippen LogP contribution in [0.3, 0.4) is 0 Å². The molecule has 0 bridgehead atoms. The normalized spacial score (nSPS) is 11.9. The number of hydrogen-bond donors (Lipinski definition) is 0. The summed E-state index contributed by atoms with van der Waals surface area (Å²) in [5.41, 5.74) is 6.96. The average Bonchev–Trinajstić information content (AvgIpc) is 2.72. The molecule has 1 aliphatic rings. The Bertz CT molecular complexity index is 800. The van der Waals surface area contributed by atoms with Crippen LogP contribution in [-0.4, -0.2) is 0 Å². The summed E-state index contributed by atoms with van der Waals surface area (Å²) in [5.74, 6) is 0. The minimum atomic E-state index is 1.33. The van der Waals surface area contributed by atoms with E-state index in [1.807, 2.05) is 0 Å². The predicted octanol–water partition coefficient (Wildman–Crippen LogP) is 5.40.